The predicted molar refractivity (Wildman–Crippen MR) is 273 cm³/mol. The molecule has 0 atom stereocenters. The van der Waals surface area contributed by atoms with Crippen molar-refractivity contribution in [2.24, 2.45) is 0 Å². The molecule has 1 aromatic rings. The minimum absolute atomic E-state index is 0.983. The highest BCUT2D eigenvalue weighted by molar-refractivity contribution is 5.49. The Bertz CT molecular complexity index is 798. The average Bonchev–Trinajstić information content (AvgIpc) is 3.21. The van der Waals surface area contributed by atoms with E-state index in [1.165, 1.54) is 124 Å². The highest BCUT2D eigenvalue weighted by Gasteiger charge is 1.94. The predicted octanol–water partition coefficient (Wildman–Crippen LogP) is 21.4. The molecule has 0 fully saturated rings. The second-order valence-corrected chi connectivity index (χ2v) is 12.9. The number of hydrogen-bond donors (Lipinski definition) is 0. The van der Waals surface area contributed by atoms with Gasteiger partial charge in [-0.2, -0.15) is 0 Å². The Labute approximate surface area is 356 Å². The van der Waals surface area contributed by atoms with E-state index in [2.05, 4.69) is 167 Å². The largest absolute Gasteiger partial charge is 0.107 e. The maximum Gasteiger partial charge on any atom is 0.00601 e. The van der Waals surface area contributed by atoms with Crippen LogP contribution in [0, 0.1) is 18.8 Å². The van der Waals surface area contributed by atoms with Crippen LogP contribution in [-0.4, -0.2) is 0 Å². The lowest BCUT2D eigenvalue weighted by molar-refractivity contribution is 0.656. The number of aryl methyl sites for hydroxylation is 2. The molecule has 55 heavy (non-hydrogen) atoms. The summed E-state index contributed by atoms with van der Waals surface area (Å²) in [6.45, 7) is 57.3. The molecule has 0 unspecified atom stereocenters. The Hall–Kier alpha value is -2.26. The summed E-state index contributed by atoms with van der Waals surface area (Å²) in [5.41, 5.74) is 6.63. The van der Waals surface area contributed by atoms with Gasteiger partial charge in [-0.25, -0.2) is 0 Å². The van der Waals surface area contributed by atoms with Gasteiger partial charge in [0, 0.05) is 6.42 Å². The molecule has 0 radical (unpaired) electrons. The van der Waals surface area contributed by atoms with Crippen molar-refractivity contribution in [1.29, 1.82) is 0 Å². The number of rotatable bonds is 12. The van der Waals surface area contributed by atoms with Crippen molar-refractivity contribution in [3.63, 3.8) is 0 Å². The molecule has 0 saturated carbocycles. The summed E-state index contributed by atoms with van der Waals surface area (Å²) >= 11 is 0. The first-order valence-corrected chi connectivity index (χ1v) is 23.2. The van der Waals surface area contributed by atoms with Crippen molar-refractivity contribution >= 4 is 6.08 Å². The third-order valence-electron chi connectivity index (χ3n) is 6.85. The lowest BCUT2D eigenvalue weighted by Gasteiger charge is -2.02. The Balaban J connectivity index is -0.0000000524. The summed E-state index contributed by atoms with van der Waals surface area (Å²) < 4.78 is 0. The standard InChI is InChI=1S/C11H14.C7H12.C7H16.C5H12.C5H8.3C4H10.C3H8.C3H6.C2H6/c1-4-10-7-6-9(3)11(5-2)8-10;1-5-7(4)6(2)3;1-3-5-7-6-4-2;2*1-3-5-4-2;3*1-3-4-2;2*1-3-2;1-2/h4,6-8H,1,5H2,2-3H3;5H,1H2,2-4H3;3-7H2,1-2H3;3-5H2,1-2H3;3H2,1-2H3;3*3-4H2,1-2H3;3H2,1-2H3;3H,1H2,2H3;1-2H3. The molecule has 0 aliphatic rings. The lowest BCUT2D eigenvalue weighted by Crippen LogP contribution is -1.86. The van der Waals surface area contributed by atoms with Gasteiger partial charge in [0.05, 0.1) is 0 Å². The molecule has 0 bridgehead atoms. The van der Waals surface area contributed by atoms with E-state index in [1.807, 2.05) is 46.8 Å². The summed E-state index contributed by atoms with van der Waals surface area (Å²) in [5, 5.41) is 0. The van der Waals surface area contributed by atoms with Crippen LogP contribution in [0.25, 0.3) is 6.08 Å². The minimum atomic E-state index is 0.983. The molecule has 1 rings (SSSR count). The van der Waals surface area contributed by atoms with Crippen LogP contribution in [0.5, 0.6) is 0 Å². The van der Waals surface area contributed by atoms with E-state index in [9.17, 15) is 0 Å². The smallest absolute Gasteiger partial charge is 0.00601 e. The Morgan fingerprint density at radius 1 is 0.582 bits per heavy atom. The zero-order valence-corrected chi connectivity index (χ0v) is 43.1. The maximum absolute atomic E-state index is 3.74. The van der Waals surface area contributed by atoms with E-state index < -0.39 is 0 Å². The van der Waals surface area contributed by atoms with Gasteiger partial charge < -0.3 is 0 Å². The van der Waals surface area contributed by atoms with Crippen LogP contribution in [0.2, 0.25) is 0 Å². The van der Waals surface area contributed by atoms with Gasteiger partial charge in [-0.3, -0.25) is 0 Å². The fraction of sp³-hybridized carbons (Fsp3) is 0.709. The van der Waals surface area contributed by atoms with E-state index in [4.69, 9.17) is 0 Å². The third-order valence-corrected chi connectivity index (χ3v) is 6.85. The Kier molecular flexibility index (Phi) is 131. The van der Waals surface area contributed by atoms with E-state index in [0.29, 0.717) is 0 Å². The van der Waals surface area contributed by atoms with Crippen LogP contribution in [-0.2, 0) is 6.42 Å². The number of benzene rings is 1. The Morgan fingerprint density at radius 2 is 0.927 bits per heavy atom. The summed E-state index contributed by atoms with van der Waals surface area (Å²) in [7, 11) is 0. The number of hydrogen-bond acceptors (Lipinski definition) is 0. The molecular weight excluding hydrogens is 661 g/mol. The molecule has 0 amide bonds. The summed E-state index contributed by atoms with van der Waals surface area (Å²) in [5.74, 6) is 5.63. The molecular formula is C55H112. The summed E-state index contributed by atoms with van der Waals surface area (Å²) in [4.78, 5) is 0. The fourth-order valence-corrected chi connectivity index (χ4v) is 2.61. The first-order chi connectivity index (χ1) is 26.3. The van der Waals surface area contributed by atoms with Crippen LogP contribution in [0.4, 0.5) is 0 Å². The third kappa shape index (κ3) is 127. The van der Waals surface area contributed by atoms with Crippen molar-refractivity contribution in [2.75, 3.05) is 0 Å². The van der Waals surface area contributed by atoms with Crippen molar-refractivity contribution < 1.29 is 0 Å². The van der Waals surface area contributed by atoms with Gasteiger partial charge in [0.1, 0.15) is 0 Å². The normalized spacial score (nSPS) is 7.67. The molecule has 0 spiro atoms. The zero-order chi connectivity index (χ0) is 45.6. The molecule has 0 aliphatic heterocycles. The van der Waals surface area contributed by atoms with Gasteiger partial charge in [0.15, 0.2) is 0 Å². The van der Waals surface area contributed by atoms with Crippen LogP contribution >= 0.6 is 0 Å². The quantitative estimate of drug-likeness (QED) is 0.0859. The molecule has 1 aromatic carbocycles. The summed E-state index contributed by atoms with van der Waals surface area (Å²) in [6.07, 6.45) is 27.8. The second kappa shape index (κ2) is 93.5. The molecule has 0 aliphatic carbocycles. The number of allylic oxidation sites excluding steroid dienone is 4. The molecule has 0 N–H and O–H groups in total. The molecule has 332 valence electrons. The van der Waals surface area contributed by atoms with Crippen molar-refractivity contribution in [1.82, 2.24) is 0 Å². The van der Waals surface area contributed by atoms with Crippen molar-refractivity contribution in [3.8, 4) is 11.8 Å². The first kappa shape index (κ1) is 77.3. The lowest BCUT2D eigenvalue weighted by atomic mass is 10.0. The highest BCUT2D eigenvalue weighted by Crippen LogP contribution is 2.12. The fourth-order valence-electron chi connectivity index (χ4n) is 2.61. The van der Waals surface area contributed by atoms with Gasteiger partial charge in [0.2, 0.25) is 0 Å². The topological polar surface area (TPSA) is 0 Å². The van der Waals surface area contributed by atoms with Gasteiger partial charge in [-0.05, 0) is 64.7 Å². The van der Waals surface area contributed by atoms with Gasteiger partial charge in [-0.15, -0.1) is 18.4 Å². The zero-order valence-electron chi connectivity index (χ0n) is 43.1. The van der Waals surface area contributed by atoms with Crippen LogP contribution in [0.1, 0.15) is 265 Å². The molecule has 0 heterocycles. The molecule has 0 aromatic heterocycles. The minimum Gasteiger partial charge on any atom is -0.107 e. The van der Waals surface area contributed by atoms with Gasteiger partial charge >= 0.3 is 0 Å². The van der Waals surface area contributed by atoms with Crippen LogP contribution < -0.4 is 0 Å². The highest BCUT2D eigenvalue weighted by atomic mass is 14.0. The first-order valence-electron chi connectivity index (χ1n) is 23.2. The van der Waals surface area contributed by atoms with Gasteiger partial charge in [-0.1, -0.05) is 268 Å². The Morgan fingerprint density at radius 3 is 1.07 bits per heavy atom. The molecule has 0 heteroatoms. The van der Waals surface area contributed by atoms with E-state index in [-0.39, 0.29) is 0 Å². The second-order valence-electron chi connectivity index (χ2n) is 12.9. The van der Waals surface area contributed by atoms with Crippen LogP contribution in [0.3, 0.4) is 0 Å². The van der Waals surface area contributed by atoms with Crippen molar-refractivity contribution in [3.05, 3.63) is 77.9 Å². The van der Waals surface area contributed by atoms with E-state index in [0.717, 1.165) is 12.8 Å². The molecule has 0 nitrogen and oxygen atoms in total. The number of unbranched alkanes of at least 4 members (excludes halogenated alkanes) is 9. The average molecular weight is 774 g/mol. The van der Waals surface area contributed by atoms with Crippen molar-refractivity contribution in [2.45, 2.75) is 261 Å². The maximum atomic E-state index is 3.74. The molecule has 0 saturated heterocycles. The summed E-state index contributed by atoms with van der Waals surface area (Å²) in [6, 6.07) is 6.44. The van der Waals surface area contributed by atoms with E-state index >= 15 is 0 Å². The van der Waals surface area contributed by atoms with Gasteiger partial charge in [0.25, 0.3) is 0 Å². The van der Waals surface area contributed by atoms with Crippen LogP contribution in [0.15, 0.2) is 61.2 Å². The monoisotopic (exact) mass is 773 g/mol. The SMILES string of the molecule is C=CC.C=CC(C)=C(C)C.C=Cc1ccc(C)c(CC)c1.CC.CC#CCC.CCC.CCCC.CCCC.CCCC.CCCCC.CCCCCCC. The van der Waals surface area contributed by atoms with E-state index in [1.54, 1.807) is 6.08 Å².